The van der Waals surface area contributed by atoms with E-state index in [1.54, 1.807) is 26.0 Å². The molecule has 0 amide bonds. The number of carboxylic acids is 1. The second kappa shape index (κ2) is 9.76. The van der Waals surface area contributed by atoms with Crippen LogP contribution in [-0.2, 0) is 15.7 Å². The second-order valence-corrected chi connectivity index (χ2v) is 8.49. The van der Waals surface area contributed by atoms with E-state index >= 15 is 0 Å². The Hall–Kier alpha value is -2.82. The standard InChI is InChI=1S/C25H27F3O4/c1-17(14-22(29)30)11-12-24(31)18(2)15-21(16-23(24,3)4)32-13-5-6-19-7-9-20(10-8-19)25(26,27)28/h7-12,14-15,21,31H,13,16H2,1-4H3,(H,29,30)/b12-11+,17-14-/t21-,24-/m1/s1. The summed E-state index contributed by atoms with van der Waals surface area (Å²) in [5.74, 6) is 4.53. The van der Waals surface area contributed by atoms with Gasteiger partial charge in [0, 0.05) is 17.1 Å². The van der Waals surface area contributed by atoms with Gasteiger partial charge in [0.15, 0.2) is 0 Å². The number of hydrogen-bond acceptors (Lipinski definition) is 3. The van der Waals surface area contributed by atoms with Gasteiger partial charge in [0.05, 0.1) is 11.7 Å². The van der Waals surface area contributed by atoms with Crippen LogP contribution in [-0.4, -0.2) is 34.5 Å². The third-order valence-electron chi connectivity index (χ3n) is 5.53. The van der Waals surface area contributed by atoms with Crippen molar-refractivity contribution in [2.45, 2.75) is 52.0 Å². The van der Waals surface area contributed by atoms with E-state index in [0.717, 1.165) is 18.2 Å². The molecule has 0 saturated carbocycles. The van der Waals surface area contributed by atoms with E-state index in [9.17, 15) is 23.1 Å². The van der Waals surface area contributed by atoms with Gasteiger partial charge in [-0.2, -0.15) is 13.2 Å². The third kappa shape index (κ3) is 6.35. The Balaban J connectivity index is 2.06. The minimum absolute atomic E-state index is 0.0836. The van der Waals surface area contributed by atoms with Gasteiger partial charge in [-0.05, 0) is 61.8 Å². The van der Waals surface area contributed by atoms with Crippen LogP contribution in [0, 0.1) is 17.3 Å². The Morgan fingerprint density at radius 3 is 2.44 bits per heavy atom. The minimum atomic E-state index is -4.38. The van der Waals surface area contributed by atoms with Crippen LogP contribution in [0.3, 0.4) is 0 Å². The van der Waals surface area contributed by atoms with Crippen molar-refractivity contribution in [3.8, 4) is 11.8 Å². The number of carboxylic acid groups (broad SMARTS) is 1. The molecule has 172 valence electrons. The van der Waals surface area contributed by atoms with Crippen LogP contribution in [0.2, 0.25) is 0 Å². The summed E-state index contributed by atoms with van der Waals surface area (Å²) in [4.78, 5) is 10.8. The lowest BCUT2D eigenvalue weighted by Crippen LogP contribution is -2.49. The second-order valence-electron chi connectivity index (χ2n) is 8.49. The van der Waals surface area contributed by atoms with E-state index in [4.69, 9.17) is 9.84 Å². The summed E-state index contributed by atoms with van der Waals surface area (Å²) in [6.07, 6.45) is 1.89. The largest absolute Gasteiger partial charge is 0.478 e. The molecule has 2 rings (SSSR count). The lowest BCUT2D eigenvalue weighted by atomic mass is 9.64. The minimum Gasteiger partial charge on any atom is -0.478 e. The Morgan fingerprint density at radius 2 is 1.91 bits per heavy atom. The molecule has 1 aromatic carbocycles. The molecule has 1 aromatic rings. The van der Waals surface area contributed by atoms with E-state index < -0.39 is 28.7 Å². The highest BCUT2D eigenvalue weighted by atomic mass is 19.4. The smallest absolute Gasteiger partial charge is 0.416 e. The molecule has 0 saturated heterocycles. The van der Waals surface area contributed by atoms with E-state index in [1.165, 1.54) is 12.1 Å². The Bertz CT molecular complexity index is 989. The van der Waals surface area contributed by atoms with Crippen molar-refractivity contribution in [1.82, 2.24) is 0 Å². The molecular weight excluding hydrogens is 421 g/mol. The molecule has 0 radical (unpaired) electrons. The molecule has 0 aliphatic heterocycles. The fourth-order valence-electron chi connectivity index (χ4n) is 3.65. The van der Waals surface area contributed by atoms with Gasteiger partial charge in [0.2, 0.25) is 0 Å². The number of aliphatic hydroxyl groups is 1. The van der Waals surface area contributed by atoms with Crippen LogP contribution in [0.15, 0.2) is 59.7 Å². The Kier molecular flexibility index (Phi) is 7.76. The van der Waals surface area contributed by atoms with Crippen LogP contribution in [0.5, 0.6) is 0 Å². The van der Waals surface area contributed by atoms with Gasteiger partial charge in [-0.1, -0.05) is 37.8 Å². The third-order valence-corrected chi connectivity index (χ3v) is 5.53. The molecule has 2 atom stereocenters. The molecule has 1 aliphatic rings. The van der Waals surface area contributed by atoms with E-state index in [0.29, 0.717) is 23.1 Å². The van der Waals surface area contributed by atoms with Crippen LogP contribution >= 0.6 is 0 Å². The van der Waals surface area contributed by atoms with Gasteiger partial charge in [-0.15, -0.1) is 0 Å². The molecule has 4 nitrogen and oxygen atoms in total. The number of halogens is 3. The fraction of sp³-hybridized carbons (Fsp3) is 0.400. The first-order chi connectivity index (χ1) is 14.7. The highest BCUT2D eigenvalue weighted by Gasteiger charge is 2.47. The molecule has 0 fully saturated rings. The maximum absolute atomic E-state index is 12.6. The average Bonchev–Trinajstić information content (AvgIpc) is 2.67. The number of hydrogen-bond donors (Lipinski definition) is 2. The summed E-state index contributed by atoms with van der Waals surface area (Å²) in [5, 5.41) is 20.1. The molecule has 0 aromatic heterocycles. The van der Waals surface area contributed by atoms with E-state index in [1.807, 2.05) is 19.9 Å². The van der Waals surface area contributed by atoms with Crippen molar-refractivity contribution < 1.29 is 32.9 Å². The maximum Gasteiger partial charge on any atom is 0.416 e. The average molecular weight is 448 g/mol. The number of alkyl halides is 3. The lowest BCUT2D eigenvalue weighted by Gasteiger charge is -2.46. The molecular formula is C25H27F3O4. The van der Waals surface area contributed by atoms with Crippen molar-refractivity contribution >= 4 is 5.97 Å². The first-order valence-electron chi connectivity index (χ1n) is 10.0. The van der Waals surface area contributed by atoms with Crippen molar-refractivity contribution in [2.24, 2.45) is 5.41 Å². The Labute approximate surface area is 186 Å². The van der Waals surface area contributed by atoms with Gasteiger partial charge in [0.25, 0.3) is 0 Å². The molecule has 0 unspecified atom stereocenters. The van der Waals surface area contributed by atoms with Crippen molar-refractivity contribution in [2.75, 3.05) is 6.61 Å². The van der Waals surface area contributed by atoms with Gasteiger partial charge < -0.3 is 14.9 Å². The number of allylic oxidation sites excluding steroid dienone is 2. The van der Waals surface area contributed by atoms with Gasteiger partial charge in [-0.25, -0.2) is 4.79 Å². The normalized spacial score (nSPS) is 23.4. The number of benzene rings is 1. The first-order valence-corrected chi connectivity index (χ1v) is 10.0. The van der Waals surface area contributed by atoms with Crippen LogP contribution < -0.4 is 0 Å². The van der Waals surface area contributed by atoms with Gasteiger partial charge in [-0.3, -0.25) is 0 Å². The summed E-state index contributed by atoms with van der Waals surface area (Å²) in [6, 6.07) is 4.61. The molecule has 0 bridgehead atoms. The molecule has 0 spiro atoms. The number of aliphatic carboxylic acids is 1. The highest BCUT2D eigenvalue weighted by molar-refractivity contribution is 5.81. The molecule has 7 heteroatoms. The lowest BCUT2D eigenvalue weighted by molar-refractivity contribution is -0.137. The van der Waals surface area contributed by atoms with Crippen molar-refractivity contribution in [3.63, 3.8) is 0 Å². The summed E-state index contributed by atoms with van der Waals surface area (Å²) >= 11 is 0. The molecule has 0 heterocycles. The molecule has 1 aliphatic carbocycles. The highest BCUT2D eigenvalue weighted by Crippen LogP contribution is 2.46. The summed E-state index contributed by atoms with van der Waals surface area (Å²) in [5.41, 5.74) is -0.953. The zero-order valence-corrected chi connectivity index (χ0v) is 18.5. The van der Waals surface area contributed by atoms with Crippen LogP contribution in [0.25, 0.3) is 0 Å². The van der Waals surface area contributed by atoms with E-state index in [2.05, 4.69) is 11.8 Å². The zero-order valence-electron chi connectivity index (χ0n) is 18.5. The number of carbonyl (C=O) groups is 1. The monoisotopic (exact) mass is 448 g/mol. The van der Waals surface area contributed by atoms with Crippen molar-refractivity contribution in [3.05, 3.63) is 70.8 Å². The summed E-state index contributed by atoms with van der Waals surface area (Å²) in [6.45, 7) is 7.30. The molecule has 32 heavy (non-hydrogen) atoms. The zero-order chi connectivity index (χ0) is 24.2. The van der Waals surface area contributed by atoms with Gasteiger partial charge >= 0.3 is 12.1 Å². The summed E-state index contributed by atoms with van der Waals surface area (Å²) < 4.78 is 43.6. The van der Waals surface area contributed by atoms with Gasteiger partial charge in [0.1, 0.15) is 12.2 Å². The van der Waals surface area contributed by atoms with Crippen LogP contribution in [0.4, 0.5) is 13.2 Å². The quantitative estimate of drug-likeness (QED) is 0.283. The Morgan fingerprint density at radius 1 is 1.28 bits per heavy atom. The number of rotatable bonds is 5. The fourth-order valence-corrected chi connectivity index (χ4v) is 3.65. The van der Waals surface area contributed by atoms with E-state index in [-0.39, 0.29) is 12.7 Å². The topological polar surface area (TPSA) is 66.8 Å². The van der Waals surface area contributed by atoms with Crippen LogP contribution in [0.1, 0.15) is 45.2 Å². The van der Waals surface area contributed by atoms with Crippen molar-refractivity contribution in [1.29, 1.82) is 0 Å². The predicted molar refractivity (Wildman–Crippen MR) is 116 cm³/mol. The SMILES string of the molecule is CC1=C[C@@H](OCC#Cc2ccc(C(F)(F)F)cc2)CC(C)(C)[C@@]1(O)/C=C/C(C)=C\C(=O)O. The predicted octanol–water partition coefficient (Wildman–Crippen LogP) is 5.14. The number of ether oxygens (including phenoxy) is 1. The summed E-state index contributed by atoms with van der Waals surface area (Å²) in [7, 11) is 0. The molecule has 2 N–H and O–H groups in total. The maximum atomic E-state index is 12.6. The first kappa shape index (κ1) is 25.4.